The monoisotopic (exact) mass is 311 g/mol. The van der Waals surface area contributed by atoms with Crippen LogP contribution in [0.3, 0.4) is 0 Å². The Morgan fingerprint density at radius 1 is 1.48 bits per heavy atom. The van der Waals surface area contributed by atoms with Gasteiger partial charge in [0, 0.05) is 23.4 Å². The maximum absolute atomic E-state index is 14.0. The van der Waals surface area contributed by atoms with E-state index in [0.29, 0.717) is 5.16 Å². The molecule has 21 heavy (non-hydrogen) atoms. The van der Waals surface area contributed by atoms with Gasteiger partial charge in [-0.05, 0) is 13.8 Å². The van der Waals surface area contributed by atoms with Gasteiger partial charge in [-0.2, -0.15) is 4.39 Å². The summed E-state index contributed by atoms with van der Waals surface area (Å²) in [6.07, 6.45) is 0. The number of benzene rings is 1. The van der Waals surface area contributed by atoms with E-state index in [0.717, 1.165) is 6.07 Å². The summed E-state index contributed by atoms with van der Waals surface area (Å²) in [5.41, 5.74) is 5.43. The van der Waals surface area contributed by atoms with E-state index in [4.69, 9.17) is 5.73 Å². The van der Waals surface area contributed by atoms with Crippen LogP contribution in [-0.2, 0) is 5.75 Å². The molecule has 0 spiro atoms. The Labute approximate surface area is 124 Å². The zero-order valence-electron chi connectivity index (χ0n) is 11.5. The molecule has 2 N–H and O–H groups in total. The predicted octanol–water partition coefficient (Wildman–Crippen LogP) is 2.78. The van der Waals surface area contributed by atoms with Gasteiger partial charge in [0.15, 0.2) is 5.16 Å². The zero-order chi connectivity index (χ0) is 15.6. The fourth-order valence-corrected chi connectivity index (χ4v) is 2.88. The van der Waals surface area contributed by atoms with Gasteiger partial charge in [-0.1, -0.05) is 23.9 Å². The molecule has 0 bridgehead atoms. The number of rotatable bonds is 5. The Balaban J connectivity index is 2.21. The SMILES string of the molecule is CC(C)n1c(N)nnc1SCc1cccc([N+](=O)[O-])c1F. The molecule has 1 aromatic heterocycles. The first-order valence-electron chi connectivity index (χ1n) is 6.16. The van der Waals surface area contributed by atoms with Crippen LogP contribution in [0.25, 0.3) is 0 Å². The molecule has 0 aliphatic heterocycles. The van der Waals surface area contributed by atoms with Gasteiger partial charge in [-0.3, -0.25) is 14.7 Å². The van der Waals surface area contributed by atoms with E-state index in [9.17, 15) is 14.5 Å². The Hall–Kier alpha value is -2.16. The number of hydrogen-bond acceptors (Lipinski definition) is 6. The largest absolute Gasteiger partial charge is 0.368 e. The predicted molar refractivity (Wildman–Crippen MR) is 77.4 cm³/mol. The van der Waals surface area contributed by atoms with Crippen molar-refractivity contribution < 1.29 is 9.31 Å². The average molecular weight is 311 g/mol. The molecule has 0 unspecified atom stereocenters. The van der Waals surface area contributed by atoms with E-state index in [1.54, 1.807) is 4.57 Å². The highest BCUT2D eigenvalue weighted by Crippen LogP contribution is 2.29. The van der Waals surface area contributed by atoms with Crippen LogP contribution in [-0.4, -0.2) is 19.7 Å². The topological polar surface area (TPSA) is 99.9 Å². The van der Waals surface area contributed by atoms with Crippen LogP contribution in [0.2, 0.25) is 0 Å². The van der Waals surface area contributed by atoms with Gasteiger partial charge in [0.2, 0.25) is 11.8 Å². The van der Waals surface area contributed by atoms with E-state index < -0.39 is 16.4 Å². The van der Waals surface area contributed by atoms with Gasteiger partial charge >= 0.3 is 5.69 Å². The lowest BCUT2D eigenvalue weighted by Crippen LogP contribution is -2.07. The molecule has 9 heteroatoms. The van der Waals surface area contributed by atoms with E-state index in [2.05, 4.69) is 10.2 Å². The molecule has 0 saturated heterocycles. The summed E-state index contributed by atoms with van der Waals surface area (Å²) in [7, 11) is 0. The van der Waals surface area contributed by atoms with Gasteiger partial charge in [0.05, 0.1) is 4.92 Å². The van der Waals surface area contributed by atoms with Crippen LogP contribution in [0.1, 0.15) is 25.5 Å². The van der Waals surface area contributed by atoms with Crippen LogP contribution in [0.15, 0.2) is 23.4 Å². The number of anilines is 1. The first-order chi connectivity index (χ1) is 9.91. The van der Waals surface area contributed by atoms with Gasteiger partial charge in [0.1, 0.15) is 0 Å². The van der Waals surface area contributed by atoms with Crippen molar-refractivity contribution in [2.45, 2.75) is 30.8 Å². The van der Waals surface area contributed by atoms with E-state index >= 15 is 0 Å². The normalized spacial score (nSPS) is 11.0. The van der Waals surface area contributed by atoms with Crippen molar-refractivity contribution in [1.82, 2.24) is 14.8 Å². The lowest BCUT2D eigenvalue weighted by molar-refractivity contribution is -0.387. The molecular weight excluding hydrogens is 297 g/mol. The number of nitro groups is 1. The third-order valence-electron chi connectivity index (χ3n) is 2.82. The minimum Gasteiger partial charge on any atom is -0.368 e. The molecule has 2 aromatic rings. The Morgan fingerprint density at radius 2 is 2.19 bits per heavy atom. The second-order valence-corrected chi connectivity index (χ2v) is 5.54. The van der Waals surface area contributed by atoms with Gasteiger partial charge in [0.25, 0.3) is 0 Å². The Kier molecular flexibility index (Phi) is 4.41. The molecule has 112 valence electrons. The summed E-state index contributed by atoms with van der Waals surface area (Å²) >= 11 is 1.23. The number of nitrogens with zero attached hydrogens (tertiary/aromatic N) is 4. The number of halogens is 1. The van der Waals surface area contributed by atoms with E-state index in [-0.39, 0.29) is 23.3 Å². The van der Waals surface area contributed by atoms with Gasteiger partial charge < -0.3 is 5.73 Å². The molecule has 0 aliphatic rings. The maximum atomic E-state index is 14.0. The minimum absolute atomic E-state index is 0.0671. The summed E-state index contributed by atoms with van der Waals surface area (Å²) in [4.78, 5) is 9.97. The van der Waals surface area contributed by atoms with Gasteiger partial charge in [-0.15, -0.1) is 10.2 Å². The number of hydrogen-bond donors (Lipinski definition) is 1. The number of nitro benzene ring substituents is 1. The molecule has 2 rings (SSSR count). The number of nitrogen functional groups attached to an aromatic ring is 1. The fourth-order valence-electron chi connectivity index (χ4n) is 1.83. The highest BCUT2D eigenvalue weighted by Gasteiger charge is 2.19. The molecule has 0 aliphatic carbocycles. The highest BCUT2D eigenvalue weighted by molar-refractivity contribution is 7.98. The molecule has 1 heterocycles. The second-order valence-electron chi connectivity index (χ2n) is 4.60. The molecule has 7 nitrogen and oxygen atoms in total. The lowest BCUT2D eigenvalue weighted by Gasteiger charge is -2.11. The van der Waals surface area contributed by atoms with Crippen LogP contribution in [0.5, 0.6) is 0 Å². The van der Waals surface area contributed by atoms with Crippen molar-refractivity contribution in [2.75, 3.05) is 5.73 Å². The summed E-state index contributed by atoms with van der Waals surface area (Å²) in [5, 5.41) is 19.0. The lowest BCUT2D eigenvalue weighted by atomic mass is 10.2. The van der Waals surface area contributed by atoms with Crippen LogP contribution < -0.4 is 5.73 Å². The summed E-state index contributed by atoms with van der Waals surface area (Å²) < 4.78 is 15.7. The molecule has 0 atom stereocenters. The van der Waals surface area contributed by atoms with Crippen LogP contribution in [0, 0.1) is 15.9 Å². The zero-order valence-corrected chi connectivity index (χ0v) is 12.3. The molecule has 1 aromatic carbocycles. The average Bonchev–Trinajstić information content (AvgIpc) is 2.78. The molecule has 0 fully saturated rings. The number of aromatic nitrogens is 3. The first kappa shape index (κ1) is 15.2. The van der Waals surface area contributed by atoms with E-state index in [1.807, 2.05) is 13.8 Å². The van der Waals surface area contributed by atoms with Gasteiger partial charge in [-0.25, -0.2) is 0 Å². The maximum Gasteiger partial charge on any atom is 0.305 e. The van der Waals surface area contributed by atoms with Crippen molar-refractivity contribution in [3.05, 3.63) is 39.7 Å². The number of thioether (sulfide) groups is 1. The quantitative estimate of drug-likeness (QED) is 0.518. The second kappa shape index (κ2) is 6.08. The molecule has 0 radical (unpaired) electrons. The van der Waals surface area contributed by atoms with Crippen molar-refractivity contribution in [3.63, 3.8) is 0 Å². The number of nitrogens with two attached hydrogens (primary N) is 1. The summed E-state index contributed by atoms with van der Waals surface area (Å²) in [5.74, 6) is -0.330. The van der Waals surface area contributed by atoms with Crippen molar-refractivity contribution in [1.29, 1.82) is 0 Å². The Morgan fingerprint density at radius 3 is 2.81 bits per heavy atom. The van der Waals surface area contributed by atoms with Crippen molar-refractivity contribution in [3.8, 4) is 0 Å². The standard InChI is InChI=1S/C12H14FN5O2S/c1-7(2)17-11(14)15-16-12(17)21-6-8-4-3-5-9(10(8)13)18(19)20/h3-5,7H,6H2,1-2H3,(H2,14,15). The molecule has 0 saturated carbocycles. The Bertz CT molecular complexity index is 674. The summed E-state index contributed by atoms with van der Waals surface area (Å²) in [6, 6.07) is 4.17. The third-order valence-corrected chi connectivity index (χ3v) is 3.81. The van der Waals surface area contributed by atoms with Crippen molar-refractivity contribution in [2.24, 2.45) is 0 Å². The summed E-state index contributed by atoms with van der Waals surface area (Å²) in [6.45, 7) is 3.86. The molecule has 0 amide bonds. The van der Waals surface area contributed by atoms with Crippen LogP contribution in [0.4, 0.5) is 16.0 Å². The van der Waals surface area contributed by atoms with E-state index in [1.165, 1.54) is 23.9 Å². The highest BCUT2D eigenvalue weighted by atomic mass is 32.2. The smallest absolute Gasteiger partial charge is 0.305 e. The molecular formula is C12H14FN5O2S. The first-order valence-corrected chi connectivity index (χ1v) is 7.15. The fraction of sp³-hybridized carbons (Fsp3) is 0.333. The minimum atomic E-state index is -0.821. The third kappa shape index (κ3) is 3.13. The van der Waals surface area contributed by atoms with Crippen molar-refractivity contribution >= 4 is 23.4 Å². The van der Waals surface area contributed by atoms with Crippen LogP contribution >= 0.6 is 11.8 Å².